The molecule has 0 saturated heterocycles. The number of guanidine groups is 1. The van der Waals surface area contributed by atoms with E-state index in [9.17, 15) is 5.11 Å². The van der Waals surface area contributed by atoms with Gasteiger partial charge in [0, 0.05) is 28.9 Å². The molecule has 8 nitrogen and oxygen atoms in total. The van der Waals surface area contributed by atoms with Crippen molar-refractivity contribution in [2.75, 3.05) is 0 Å². The van der Waals surface area contributed by atoms with E-state index in [1.165, 1.54) is 0 Å². The Bertz CT molecular complexity index is 1210. The number of aromatic nitrogens is 4. The average molecular weight is 391 g/mol. The Morgan fingerprint density at radius 1 is 1.21 bits per heavy atom. The zero-order valence-electron chi connectivity index (χ0n) is 16.7. The normalized spacial score (nSPS) is 12.7. The SMILES string of the molecule is CC(C)Cc1nc2c(C(C)N=C(N)N)nc(-c3c[nH]c4ccccc34)cn2c1O. The maximum atomic E-state index is 10.8. The zero-order chi connectivity index (χ0) is 20.7. The van der Waals surface area contributed by atoms with Gasteiger partial charge < -0.3 is 21.6 Å². The molecule has 29 heavy (non-hydrogen) atoms. The molecule has 0 aliphatic rings. The summed E-state index contributed by atoms with van der Waals surface area (Å²) in [5.74, 6) is 0.453. The first-order valence-corrected chi connectivity index (χ1v) is 9.61. The number of nitrogens with two attached hydrogens (primary N) is 2. The number of para-hydroxylation sites is 1. The summed E-state index contributed by atoms with van der Waals surface area (Å²) in [6.07, 6.45) is 4.38. The highest BCUT2D eigenvalue weighted by atomic mass is 16.3. The van der Waals surface area contributed by atoms with Crippen molar-refractivity contribution in [3.8, 4) is 17.1 Å². The Morgan fingerprint density at radius 3 is 2.69 bits per heavy atom. The van der Waals surface area contributed by atoms with Crippen LogP contribution in [0.25, 0.3) is 27.8 Å². The van der Waals surface area contributed by atoms with Gasteiger partial charge in [0.05, 0.1) is 11.7 Å². The van der Waals surface area contributed by atoms with E-state index in [2.05, 4.69) is 28.8 Å². The molecule has 0 amide bonds. The summed E-state index contributed by atoms with van der Waals surface area (Å²) >= 11 is 0. The molecule has 0 radical (unpaired) electrons. The molecule has 0 saturated carbocycles. The molecule has 4 rings (SSSR count). The van der Waals surface area contributed by atoms with Crippen LogP contribution in [0, 0.1) is 5.92 Å². The molecule has 1 atom stereocenters. The van der Waals surface area contributed by atoms with Crippen molar-refractivity contribution in [3.05, 3.63) is 48.0 Å². The number of benzene rings is 1. The first kappa shape index (κ1) is 18.8. The lowest BCUT2D eigenvalue weighted by Crippen LogP contribution is -2.23. The fourth-order valence-corrected chi connectivity index (χ4v) is 3.61. The van der Waals surface area contributed by atoms with E-state index in [4.69, 9.17) is 16.5 Å². The fourth-order valence-electron chi connectivity index (χ4n) is 3.61. The number of hydrogen-bond donors (Lipinski definition) is 4. The van der Waals surface area contributed by atoms with Crippen LogP contribution in [0.2, 0.25) is 0 Å². The second-order valence-electron chi connectivity index (χ2n) is 7.66. The molecule has 0 fully saturated rings. The van der Waals surface area contributed by atoms with Gasteiger partial charge in [0.25, 0.3) is 0 Å². The van der Waals surface area contributed by atoms with E-state index in [1.807, 2.05) is 43.6 Å². The predicted octanol–water partition coefficient (Wildman–Crippen LogP) is 3.12. The van der Waals surface area contributed by atoms with Gasteiger partial charge in [-0.2, -0.15) is 0 Å². The third-order valence-corrected chi connectivity index (χ3v) is 4.88. The number of rotatable bonds is 5. The topological polar surface area (TPSA) is 131 Å². The van der Waals surface area contributed by atoms with E-state index in [0.29, 0.717) is 35.1 Å². The number of fused-ring (bicyclic) bond motifs is 2. The van der Waals surface area contributed by atoms with E-state index in [0.717, 1.165) is 16.5 Å². The van der Waals surface area contributed by atoms with Crippen LogP contribution in [-0.4, -0.2) is 30.4 Å². The highest BCUT2D eigenvalue weighted by molar-refractivity contribution is 5.94. The van der Waals surface area contributed by atoms with Gasteiger partial charge in [0.15, 0.2) is 11.6 Å². The predicted molar refractivity (Wildman–Crippen MR) is 115 cm³/mol. The summed E-state index contributed by atoms with van der Waals surface area (Å²) in [6.45, 7) is 6.03. The molecule has 6 N–H and O–H groups in total. The molecule has 1 aromatic carbocycles. The van der Waals surface area contributed by atoms with Crippen LogP contribution < -0.4 is 11.5 Å². The number of nitrogens with one attached hydrogen (secondary N) is 1. The summed E-state index contributed by atoms with van der Waals surface area (Å²) < 4.78 is 1.68. The maximum absolute atomic E-state index is 10.8. The molecule has 0 spiro atoms. The van der Waals surface area contributed by atoms with Crippen LogP contribution in [0.5, 0.6) is 5.88 Å². The second-order valence-corrected chi connectivity index (χ2v) is 7.66. The molecule has 3 heterocycles. The summed E-state index contributed by atoms with van der Waals surface area (Å²) in [7, 11) is 0. The Kier molecular flexibility index (Phi) is 4.62. The Balaban J connectivity index is 1.98. The molecule has 8 heteroatoms. The smallest absolute Gasteiger partial charge is 0.219 e. The van der Waals surface area contributed by atoms with Crippen molar-refractivity contribution in [1.29, 1.82) is 0 Å². The molecular weight excluding hydrogens is 366 g/mol. The molecule has 150 valence electrons. The van der Waals surface area contributed by atoms with Crippen LogP contribution in [0.4, 0.5) is 0 Å². The molecule has 3 aromatic heterocycles. The monoisotopic (exact) mass is 391 g/mol. The van der Waals surface area contributed by atoms with Crippen LogP contribution >= 0.6 is 0 Å². The lowest BCUT2D eigenvalue weighted by Gasteiger charge is -2.11. The minimum atomic E-state index is -0.415. The fraction of sp³-hybridized carbons (Fsp3) is 0.286. The van der Waals surface area contributed by atoms with Crippen molar-refractivity contribution in [2.24, 2.45) is 22.4 Å². The first-order valence-electron chi connectivity index (χ1n) is 9.61. The lowest BCUT2D eigenvalue weighted by molar-refractivity contribution is 0.436. The van der Waals surface area contributed by atoms with Gasteiger partial charge in [0.1, 0.15) is 11.4 Å². The average Bonchev–Trinajstić information content (AvgIpc) is 3.22. The van der Waals surface area contributed by atoms with Crippen LogP contribution in [0.1, 0.15) is 38.2 Å². The van der Waals surface area contributed by atoms with Crippen molar-refractivity contribution in [2.45, 2.75) is 33.2 Å². The van der Waals surface area contributed by atoms with Gasteiger partial charge in [-0.1, -0.05) is 32.0 Å². The van der Waals surface area contributed by atoms with Crippen molar-refractivity contribution in [3.63, 3.8) is 0 Å². The molecule has 0 aliphatic heterocycles. The summed E-state index contributed by atoms with van der Waals surface area (Å²) in [4.78, 5) is 17.0. The summed E-state index contributed by atoms with van der Waals surface area (Å²) in [6, 6.07) is 7.59. The van der Waals surface area contributed by atoms with E-state index < -0.39 is 6.04 Å². The van der Waals surface area contributed by atoms with Gasteiger partial charge in [-0.05, 0) is 25.3 Å². The lowest BCUT2D eigenvalue weighted by atomic mass is 10.1. The Hall–Kier alpha value is -3.55. The van der Waals surface area contributed by atoms with E-state index in [-0.39, 0.29) is 11.8 Å². The number of nitrogens with zero attached hydrogens (tertiary/aromatic N) is 4. The van der Waals surface area contributed by atoms with E-state index in [1.54, 1.807) is 4.40 Å². The van der Waals surface area contributed by atoms with Crippen LogP contribution in [-0.2, 0) is 6.42 Å². The number of hydrogen-bond acceptors (Lipinski definition) is 4. The summed E-state index contributed by atoms with van der Waals surface area (Å²) in [5.41, 5.74) is 15.6. The van der Waals surface area contributed by atoms with E-state index >= 15 is 0 Å². The molecular formula is C21H25N7O. The Morgan fingerprint density at radius 2 is 1.97 bits per heavy atom. The third kappa shape index (κ3) is 3.37. The van der Waals surface area contributed by atoms with Gasteiger partial charge in [-0.25, -0.2) is 15.0 Å². The van der Waals surface area contributed by atoms with Crippen molar-refractivity contribution >= 4 is 22.5 Å². The zero-order valence-corrected chi connectivity index (χ0v) is 16.7. The standard InChI is InChI=1S/C21H25N7O/c1-11(2)8-16-20(29)28-10-17(14-9-24-15-7-5-4-6-13(14)15)26-18(19(28)27-16)12(3)25-21(22)23/h4-7,9-12,24,29H,8H2,1-3H3,(H4,22,23,25). The van der Waals surface area contributed by atoms with Gasteiger partial charge in [-0.15, -0.1) is 0 Å². The van der Waals surface area contributed by atoms with Gasteiger partial charge in [-0.3, -0.25) is 4.40 Å². The largest absolute Gasteiger partial charge is 0.493 e. The third-order valence-electron chi connectivity index (χ3n) is 4.88. The quantitative estimate of drug-likeness (QED) is 0.307. The highest BCUT2D eigenvalue weighted by Gasteiger charge is 2.21. The number of H-pyrrole nitrogens is 1. The number of aliphatic imine (C=N–C) groups is 1. The minimum Gasteiger partial charge on any atom is -0.493 e. The number of aromatic hydroxyl groups is 1. The summed E-state index contributed by atoms with van der Waals surface area (Å²) in [5, 5.41) is 11.9. The molecule has 1 unspecified atom stereocenters. The highest BCUT2D eigenvalue weighted by Crippen LogP contribution is 2.33. The molecule has 0 bridgehead atoms. The van der Waals surface area contributed by atoms with Gasteiger partial charge >= 0.3 is 0 Å². The Labute approximate surface area is 168 Å². The molecule has 0 aliphatic carbocycles. The maximum Gasteiger partial charge on any atom is 0.219 e. The van der Waals surface area contributed by atoms with Gasteiger partial charge in [0.2, 0.25) is 5.88 Å². The minimum absolute atomic E-state index is 0.0203. The van der Waals surface area contributed by atoms with Crippen LogP contribution in [0.15, 0.2) is 41.7 Å². The second kappa shape index (κ2) is 7.12. The van der Waals surface area contributed by atoms with Crippen molar-refractivity contribution < 1.29 is 5.11 Å². The number of aromatic amines is 1. The first-order chi connectivity index (χ1) is 13.8. The van der Waals surface area contributed by atoms with Crippen LogP contribution in [0.3, 0.4) is 0 Å². The number of imidazole rings is 1. The van der Waals surface area contributed by atoms with Crippen molar-refractivity contribution in [1.82, 2.24) is 19.4 Å². The molecule has 4 aromatic rings.